The van der Waals surface area contributed by atoms with Gasteiger partial charge in [-0.25, -0.2) is 9.78 Å². The van der Waals surface area contributed by atoms with Gasteiger partial charge >= 0.3 is 11.7 Å². The van der Waals surface area contributed by atoms with E-state index in [1.807, 2.05) is 6.92 Å². The minimum absolute atomic E-state index is 0.159. The molecule has 0 radical (unpaired) electrons. The number of H-pyrrole nitrogens is 1. The molecule has 2 heterocycles. The molecule has 102 valence electrons. The number of aromatic amines is 1. The molecule has 0 aromatic carbocycles. The number of nitrogens with one attached hydrogen (secondary N) is 1. The normalized spacial score (nSPS) is 11.1. The Morgan fingerprint density at radius 1 is 1.42 bits per heavy atom. The van der Waals surface area contributed by atoms with Crippen LogP contribution in [-0.4, -0.2) is 30.2 Å². The second kappa shape index (κ2) is 4.71. The van der Waals surface area contributed by atoms with Crippen LogP contribution >= 0.6 is 0 Å². The molecule has 2 rings (SSSR count). The van der Waals surface area contributed by atoms with E-state index in [1.165, 1.54) is 11.6 Å². The van der Waals surface area contributed by atoms with Crippen LogP contribution in [0, 0.1) is 0 Å². The standard InChI is InChI=1S/C11H14N4O4/c1-3-4-15-9-8(10(18)14(2)11(15)19)12-6(13-9)5-7(16)17/h3-5H2,1-2H3,(H,12,13)(H,16,17). The lowest BCUT2D eigenvalue weighted by molar-refractivity contribution is -0.136. The van der Waals surface area contributed by atoms with Gasteiger partial charge in [-0.2, -0.15) is 0 Å². The van der Waals surface area contributed by atoms with E-state index in [0.29, 0.717) is 13.0 Å². The van der Waals surface area contributed by atoms with Crippen LogP contribution in [0.1, 0.15) is 19.2 Å². The van der Waals surface area contributed by atoms with Crippen LogP contribution in [-0.2, 0) is 24.8 Å². The minimum Gasteiger partial charge on any atom is -0.481 e. The molecule has 8 heteroatoms. The van der Waals surface area contributed by atoms with Crippen molar-refractivity contribution in [1.29, 1.82) is 0 Å². The second-order valence-corrected chi connectivity index (χ2v) is 4.25. The van der Waals surface area contributed by atoms with Crippen molar-refractivity contribution < 1.29 is 9.90 Å². The van der Waals surface area contributed by atoms with Gasteiger partial charge in [-0.3, -0.25) is 18.7 Å². The highest BCUT2D eigenvalue weighted by Crippen LogP contribution is 2.06. The van der Waals surface area contributed by atoms with Crippen molar-refractivity contribution in [2.24, 2.45) is 7.05 Å². The molecule has 0 saturated heterocycles. The summed E-state index contributed by atoms with van der Waals surface area (Å²) in [7, 11) is 1.38. The topological polar surface area (TPSA) is 110 Å². The number of carbonyl (C=O) groups is 1. The van der Waals surface area contributed by atoms with Gasteiger partial charge in [0.1, 0.15) is 17.8 Å². The van der Waals surface area contributed by atoms with E-state index in [2.05, 4.69) is 9.97 Å². The van der Waals surface area contributed by atoms with Crippen LogP contribution in [0.4, 0.5) is 0 Å². The van der Waals surface area contributed by atoms with Gasteiger partial charge in [0.05, 0.1) is 0 Å². The Labute approximate surface area is 107 Å². The van der Waals surface area contributed by atoms with Crippen molar-refractivity contribution >= 4 is 17.1 Å². The van der Waals surface area contributed by atoms with Crippen molar-refractivity contribution in [3.63, 3.8) is 0 Å². The van der Waals surface area contributed by atoms with Gasteiger partial charge in [0.2, 0.25) is 0 Å². The predicted molar refractivity (Wildman–Crippen MR) is 67.2 cm³/mol. The maximum absolute atomic E-state index is 12.0. The van der Waals surface area contributed by atoms with E-state index in [1.54, 1.807) is 0 Å². The van der Waals surface area contributed by atoms with Crippen LogP contribution in [0.15, 0.2) is 9.59 Å². The third kappa shape index (κ3) is 2.16. The summed E-state index contributed by atoms with van der Waals surface area (Å²) in [5, 5.41) is 8.73. The van der Waals surface area contributed by atoms with Crippen LogP contribution in [0.3, 0.4) is 0 Å². The number of fused-ring (bicyclic) bond motifs is 1. The molecule has 0 amide bonds. The van der Waals surface area contributed by atoms with Crippen molar-refractivity contribution in [3.8, 4) is 0 Å². The Bertz CT molecular complexity index is 752. The minimum atomic E-state index is -1.06. The summed E-state index contributed by atoms with van der Waals surface area (Å²) in [6.45, 7) is 2.31. The summed E-state index contributed by atoms with van der Waals surface area (Å²) in [5.74, 6) is -0.893. The first-order valence-electron chi connectivity index (χ1n) is 5.86. The largest absolute Gasteiger partial charge is 0.481 e. The molecule has 0 spiro atoms. The molecule has 0 saturated carbocycles. The zero-order chi connectivity index (χ0) is 14.2. The molecule has 2 aromatic rings. The lowest BCUT2D eigenvalue weighted by Crippen LogP contribution is -2.38. The SMILES string of the molecule is CCCn1c(=O)n(C)c(=O)c2[nH]c(CC(=O)O)nc21. The Balaban J connectivity index is 2.78. The van der Waals surface area contributed by atoms with E-state index in [-0.39, 0.29) is 23.4 Å². The smallest absolute Gasteiger partial charge is 0.332 e. The molecule has 0 aliphatic heterocycles. The first-order chi connectivity index (χ1) is 8.95. The second-order valence-electron chi connectivity index (χ2n) is 4.25. The molecule has 0 aliphatic rings. The molecule has 0 atom stereocenters. The molecule has 0 bridgehead atoms. The fourth-order valence-electron chi connectivity index (χ4n) is 1.93. The summed E-state index contributed by atoms with van der Waals surface area (Å²) >= 11 is 0. The average molecular weight is 266 g/mol. The van der Waals surface area contributed by atoms with Gasteiger partial charge in [0.15, 0.2) is 5.65 Å². The molecule has 0 aliphatic carbocycles. The maximum Gasteiger partial charge on any atom is 0.332 e. The summed E-state index contributed by atoms with van der Waals surface area (Å²) < 4.78 is 2.36. The molecule has 0 unspecified atom stereocenters. The number of imidazole rings is 1. The molecule has 19 heavy (non-hydrogen) atoms. The Morgan fingerprint density at radius 3 is 2.68 bits per heavy atom. The Hall–Kier alpha value is -2.38. The van der Waals surface area contributed by atoms with Crippen LogP contribution in [0.25, 0.3) is 11.2 Å². The van der Waals surface area contributed by atoms with Gasteiger partial charge in [0, 0.05) is 13.6 Å². The number of carboxylic acid groups (broad SMARTS) is 1. The summed E-state index contributed by atoms with van der Waals surface area (Å²) in [6.07, 6.45) is 0.381. The number of hydrogen-bond donors (Lipinski definition) is 2. The molecule has 2 N–H and O–H groups in total. The van der Waals surface area contributed by atoms with Gasteiger partial charge in [0.25, 0.3) is 5.56 Å². The van der Waals surface area contributed by atoms with Crippen molar-refractivity contribution in [2.75, 3.05) is 0 Å². The fraction of sp³-hybridized carbons (Fsp3) is 0.455. The number of nitrogens with zero attached hydrogens (tertiary/aromatic N) is 3. The van der Waals surface area contributed by atoms with Gasteiger partial charge < -0.3 is 10.1 Å². The lowest BCUT2D eigenvalue weighted by Gasteiger charge is -2.06. The average Bonchev–Trinajstić information content (AvgIpc) is 2.74. The number of rotatable bonds is 4. The zero-order valence-corrected chi connectivity index (χ0v) is 10.6. The summed E-state index contributed by atoms with van der Waals surface area (Å²) in [4.78, 5) is 41.3. The number of hydrogen-bond acceptors (Lipinski definition) is 4. The Morgan fingerprint density at radius 2 is 2.11 bits per heavy atom. The number of aliphatic carboxylic acids is 1. The van der Waals surface area contributed by atoms with Crippen LogP contribution in [0.2, 0.25) is 0 Å². The number of aromatic nitrogens is 4. The third-order valence-corrected chi connectivity index (χ3v) is 2.79. The van der Waals surface area contributed by atoms with E-state index in [9.17, 15) is 14.4 Å². The maximum atomic E-state index is 12.0. The molecular formula is C11H14N4O4. The van der Waals surface area contributed by atoms with Gasteiger partial charge in [-0.1, -0.05) is 6.92 Å². The molecule has 8 nitrogen and oxygen atoms in total. The van der Waals surface area contributed by atoms with E-state index in [4.69, 9.17) is 5.11 Å². The van der Waals surface area contributed by atoms with Crippen LogP contribution < -0.4 is 11.2 Å². The zero-order valence-electron chi connectivity index (χ0n) is 10.6. The van der Waals surface area contributed by atoms with Crippen molar-refractivity contribution in [3.05, 3.63) is 26.7 Å². The van der Waals surface area contributed by atoms with Gasteiger partial charge in [-0.05, 0) is 6.42 Å². The Kier molecular flexibility index (Phi) is 3.24. The highest BCUT2D eigenvalue weighted by Gasteiger charge is 2.16. The molecule has 0 fully saturated rings. The molecular weight excluding hydrogens is 252 g/mol. The molecule has 2 aromatic heterocycles. The first kappa shape index (κ1) is 13.1. The number of aryl methyl sites for hydroxylation is 1. The van der Waals surface area contributed by atoms with Crippen LogP contribution in [0.5, 0.6) is 0 Å². The highest BCUT2D eigenvalue weighted by molar-refractivity contribution is 5.73. The lowest BCUT2D eigenvalue weighted by atomic mass is 10.4. The fourth-order valence-corrected chi connectivity index (χ4v) is 1.93. The van der Waals surface area contributed by atoms with E-state index in [0.717, 1.165) is 4.57 Å². The summed E-state index contributed by atoms with van der Waals surface area (Å²) in [5.41, 5.74) is -0.581. The van der Waals surface area contributed by atoms with E-state index >= 15 is 0 Å². The number of carboxylic acids is 1. The quantitative estimate of drug-likeness (QED) is 0.772. The van der Waals surface area contributed by atoms with Crippen molar-refractivity contribution in [2.45, 2.75) is 26.3 Å². The first-order valence-corrected chi connectivity index (χ1v) is 5.86. The third-order valence-electron chi connectivity index (χ3n) is 2.79. The monoisotopic (exact) mass is 266 g/mol. The summed E-state index contributed by atoms with van der Waals surface area (Å²) in [6, 6.07) is 0. The highest BCUT2D eigenvalue weighted by atomic mass is 16.4. The van der Waals surface area contributed by atoms with Crippen molar-refractivity contribution in [1.82, 2.24) is 19.1 Å². The van der Waals surface area contributed by atoms with E-state index < -0.39 is 17.2 Å². The predicted octanol–water partition coefficient (Wildman–Crippen LogP) is -0.540. The van der Waals surface area contributed by atoms with Gasteiger partial charge in [-0.15, -0.1) is 0 Å².